The molecule has 0 saturated heterocycles. The summed E-state index contributed by atoms with van der Waals surface area (Å²) in [5.41, 5.74) is 3.27. The Kier molecular flexibility index (Phi) is 4.56. The van der Waals surface area contributed by atoms with Crippen LogP contribution in [0.25, 0.3) is 16.9 Å². The van der Waals surface area contributed by atoms with E-state index in [1.807, 2.05) is 6.07 Å². The van der Waals surface area contributed by atoms with E-state index in [0.717, 1.165) is 11.1 Å². The number of hydrogen-bond donors (Lipinski definition) is 1. The zero-order chi connectivity index (χ0) is 18.8. The lowest BCUT2D eigenvalue weighted by Crippen LogP contribution is -2.23. The van der Waals surface area contributed by atoms with Gasteiger partial charge in [0.1, 0.15) is 17.7 Å². The third-order valence-electron chi connectivity index (χ3n) is 4.14. The summed E-state index contributed by atoms with van der Waals surface area (Å²) >= 11 is 6.34. The molecule has 0 aliphatic carbocycles. The van der Waals surface area contributed by atoms with E-state index in [1.54, 1.807) is 53.5 Å². The number of nitrogens with one attached hydrogen (secondary N) is 1. The first-order valence-electron chi connectivity index (χ1n) is 8.22. The molecule has 5 nitrogen and oxygen atoms in total. The van der Waals surface area contributed by atoms with Crippen LogP contribution in [0.2, 0.25) is 5.02 Å². The second kappa shape index (κ2) is 7.17. The van der Waals surface area contributed by atoms with E-state index in [0.29, 0.717) is 28.5 Å². The molecular weight excluding hydrogens is 367 g/mol. The predicted molar refractivity (Wildman–Crippen MR) is 101 cm³/mol. The van der Waals surface area contributed by atoms with Crippen molar-refractivity contribution < 1.29 is 9.18 Å². The van der Waals surface area contributed by atoms with Gasteiger partial charge in [-0.3, -0.25) is 9.36 Å². The summed E-state index contributed by atoms with van der Waals surface area (Å²) in [5, 5.41) is 3.30. The number of halogens is 2. The van der Waals surface area contributed by atoms with E-state index in [1.165, 1.54) is 12.1 Å². The monoisotopic (exact) mass is 380 g/mol. The van der Waals surface area contributed by atoms with Crippen molar-refractivity contribution in [3.05, 3.63) is 89.1 Å². The Labute approximate surface area is 159 Å². The molecule has 27 heavy (non-hydrogen) atoms. The molecule has 1 amide bonds. The van der Waals surface area contributed by atoms with Gasteiger partial charge in [-0.2, -0.15) is 0 Å². The number of carbonyl (C=O) groups is 1. The molecule has 0 aliphatic rings. The van der Waals surface area contributed by atoms with Crippen molar-refractivity contribution in [2.45, 2.75) is 6.54 Å². The molecule has 0 bridgehead atoms. The van der Waals surface area contributed by atoms with Crippen molar-refractivity contribution in [2.24, 2.45) is 0 Å². The van der Waals surface area contributed by atoms with Gasteiger partial charge in [-0.05, 0) is 48.0 Å². The van der Waals surface area contributed by atoms with Gasteiger partial charge in [0.15, 0.2) is 5.65 Å². The van der Waals surface area contributed by atoms with Crippen molar-refractivity contribution in [1.82, 2.24) is 19.9 Å². The number of pyridine rings is 1. The Morgan fingerprint density at radius 3 is 2.74 bits per heavy atom. The molecule has 2 aromatic heterocycles. The van der Waals surface area contributed by atoms with Gasteiger partial charge in [-0.1, -0.05) is 23.7 Å². The first-order chi connectivity index (χ1) is 13.1. The highest BCUT2D eigenvalue weighted by molar-refractivity contribution is 6.32. The summed E-state index contributed by atoms with van der Waals surface area (Å²) < 4.78 is 14.7. The Bertz CT molecular complexity index is 1120. The number of carbonyl (C=O) groups excluding carboxylic acids is 1. The summed E-state index contributed by atoms with van der Waals surface area (Å²) in [5.74, 6) is -0.566. The molecule has 0 unspecified atom stereocenters. The van der Waals surface area contributed by atoms with E-state index in [4.69, 9.17) is 11.6 Å². The zero-order valence-corrected chi connectivity index (χ0v) is 14.8. The summed E-state index contributed by atoms with van der Waals surface area (Å²) in [6.45, 7) is 0.298. The molecule has 0 radical (unpaired) electrons. The number of fused-ring (bicyclic) bond motifs is 1. The average molecular weight is 381 g/mol. The minimum absolute atomic E-state index is 0.255. The van der Waals surface area contributed by atoms with E-state index in [-0.39, 0.29) is 11.7 Å². The van der Waals surface area contributed by atoms with Crippen molar-refractivity contribution in [3.63, 3.8) is 0 Å². The Morgan fingerprint density at radius 1 is 1.11 bits per heavy atom. The van der Waals surface area contributed by atoms with Gasteiger partial charge in [0, 0.05) is 18.3 Å². The highest BCUT2D eigenvalue weighted by Crippen LogP contribution is 2.25. The van der Waals surface area contributed by atoms with E-state index in [2.05, 4.69) is 15.3 Å². The van der Waals surface area contributed by atoms with Crippen LogP contribution >= 0.6 is 11.6 Å². The summed E-state index contributed by atoms with van der Waals surface area (Å²) in [6, 6.07) is 14.7. The fourth-order valence-corrected chi connectivity index (χ4v) is 2.96. The van der Waals surface area contributed by atoms with Gasteiger partial charge in [-0.15, -0.1) is 0 Å². The second-order valence-corrected chi connectivity index (χ2v) is 6.34. The number of imidazole rings is 1. The van der Waals surface area contributed by atoms with E-state index in [9.17, 15) is 9.18 Å². The molecule has 0 aliphatic heterocycles. The lowest BCUT2D eigenvalue weighted by molar-refractivity contribution is 0.0951. The minimum atomic E-state index is -0.311. The normalized spacial score (nSPS) is 10.9. The second-order valence-electron chi connectivity index (χ2n) is 5.94. The van der Waals surface area contributed by atoms with Crippen LogP contribution in [-0.4, -0.2) is 20.4 Å². The van der Waals surface area contributed by atoms with E-state index >= 15 is 0 Å². The largest absolute Gasteiger partial charge is 0.348 e. The van der Waals surface area contributed by atoms with Crippen molar-refractivity contribution in [2.75, 3.05) is 0 Å². The van der Waals surface area contributed by atoms with E-state index < -0.39 is 0 Å². The van der Waals surface area contributed by atoms with Crippen LogP contribution in [0.3, 0.4) is 0 Å². The van der Waals surface area contributed by atoms with Crippen LogP contribution < -0.4 is 5.32 Å². The molecule has 4 aromatic rings. The van der Waals surface area contributed by atoms with Crippen LogP contribution in [0.1, 0.15) is 15.9 Å². The van der Waals surface area contributed by atoms with Gasteiger partial charge in [0.25, 0.3) is 5.91 Å². The molecule has 134 valence electrons. The van der Waals surface area contributed by atoms with Crippen molar-refractivity contribution in [1.29, 1.82) is 0 Å². The maximum absolute atomic E-state index is 13.0. The molecule has 1 N–H and O–H groups in total. The van der Waals surface area contributed by atoms with Gasteiger partial charge >= 0.3 is 0 Å². The molecule has 7 heteroatoms. The van der Waals surface area contributed by atoms with Crippen LogP contribution in [0.4, 0.5) is 4.39 Å². The topological polar surface area (TPSA) is 59.8 Å². The quantitative estimate of drug-likeness (QED) is 0.578. The summed E-state index contributed by atoms with van der Waals surface area (Å²) in [4.78, 5) is 21.1. The third kappa shape index (κ3) is 3.52. The first-order valence-corrected chi connectivity index (χ1v) is 8.60. The highest BCUT2D eigenvalue weighted by Gasteiger charge is 2.13. The first kappa shape index (κ1) is 17.2. The molecule has 0 spiro atoms. The summed E-state index contributed by atoms with van der Waals surface area (Å²) in [7, 11) is 0. The summed E-state index contributed by atoms with van der Waals surface area (Å²) in [6.07, 6.45) is 3.30. The Morgan fingerprint density at radius 2 is 1.93 bits per heavy atom. The number of benzene rings is 2. The Balaban J connectivity index is 1.60. The van der Waals surface area contributed by atoms with Crippen LogP contribution in [0.15, 0.2) is 67.1 Å². The smallest absolute Gasteiger partial charge is 0.251 e. The van der Waals surface area contributed by atoms with Gasteiger partial charge < -0.3 is 5.32 Å². The van der Waals surface area contributed by atoms with Gasteiger partial charge in [0.05, 0.1) is 10.7 Å². The third-order valence-corrected chi connectivity index (χ3v) is 4.46. The number of rotatable bonds is 4. The SMILES string of the molecule is O=C(NCc1ccc(F)cc1)c1ccc(Cl)c(-n2cnc3cccnc32)c1. The maximum atomic E-state index is 13.0. The molecule has 0 atom stereocenters. The molecule has 2 aromatic carbocycles. The molecule has 0 fully saturated rings. The maximum Gasteiger partial charge on any atom is 0.251 e. The Hall–Kier alpha value is -3.25. The number of nitrogens with zero attached hydrogens (tertiary/aromatic N) is 3. The molecular formula is C20H14ClFN4O. The van der Waals surface area contributed by atoms with Crippen LogP contribution in [-0.2, 0) is 6.54 Å². The molecule has 0 saturated carbocycles. The zero-order valence-electron chi connectivity index (χ0n) is 14.1. The predicted octanol–water partition coefficient (Wildman–Crippen LogP) is 4.14. The lowest BCUT2D eigenvalue weighted by atomic mass is 10.1. The highest BCUT2D eigenvalue weighted by atomic mass is 35.5. The van der Waals surface area contributed by atoms with Crippen molar-refractivity contribution in [3.8, 4) is 5.69 Å². The fourth-order valence-electron chi connectivity index (χ4n) is 2.75. The molecule has 4 rings (SSSR count). The van der Waals surface area contributed by atoms with Gasteiger partial charge in [0.2, 0.25) is 0 Å². The fraction of sp³-hybridized carbons (Fsp3) is 0.0500. The van der Waals surface area contributed by atoms with Gasteiger partial charge in [-0.25, -0.2) is 14.4 Å². The van der Waals surface area contributed by atoms with Crippen molar-refractivity contribution >= 4 is 28.7 Å². The standard InChI is InChI=1S/C20H14ClFN4O/c21-16-8-5-14(20(27)24-11-13-3-6-15(22)7-4-13)10-18(16)26-12-25-17-2-1-9-23-19(17)26/h1-10,12H,11H2,(H,24,27). The number of hydrogen-bond acceptors (Lipinski definition) is 3. The minimum Gasteiger partial charge on any atom is -0.348 e. The van der Waals surface area contributed by atoms with Crippen LogP contribution in [0.5, 0.6) is 0 Å². The number of aromatic nitrogens is 3. The lowest BCUT2D eigenvalue weighted by Gasteiger charge is -2.10. The average Bonchev–Trinajstić information content (AvgIpc) is 3.12. The number of amides is 1. The van der Waals surface area contributed by atoms with Crippen LogP contribution in [0, 0.1) is 5.82 Å². The molecule has 2 heterocycles.